The third-order valence-electron chi connectivity index (χ3n) is 3.37. The van der Waals surface area contributed by atoms with Gasteiger partial charge in [-0.2, -0.15) is 5.48 Å². The van der Waals surface area contributed by atoms with Crippen LogP contribution in [-0.4, -0.2) is 31.2 Å². The third kappa shape index (κ3) is 5.30. The third-order valence-corrected chi connectivity index (χ3v) is 3.37. The van der Waals surface area contributed by atoms with Crippen LogP contribution in [0.1, 0.15) is 18.4 Å². The molecule has 0 aliphatic carbocycles. The van der Waals surface area contributed by atoms with Crippen LogP contribution in [0.4, 0.5) is 0 Å². The maximum absolute atomic E-state index is 11.7. The Morgan fingerprint density at radius 1 is 1.38 bits per heavy atom. The summed E-state index contributed by atoms with van der Waals surface area (Å²) >= 11 is 0. The SMILES string of the molecule is C=CCOC(=O)[C@@H]1CC[C@@H](NOCc2ccccc2)CN1. The first-order valence-corrected chi connectivity index (χ1v) is 7.21. The summed E-state index contributed by atoms with van der Waals surface area (Å²) in [5, 5.41) is 3.18. The van der Waals surface area contributed by atoms with E-state index >= 15 is 0 Å². The molecule has 1 heterocycles. The lowest BCUT2D eigenvalue weighted by Gasteiger charge is -2.28. The number of ether oxygens (including phenoxy) is 1. The van der Waals surface area contributed by atoms with Crippen LogP contribution in [0.3, 0.4) is 0 Å². The zero-order chi connectivity index (χ0) is 14.9. The van der Waals surface area contributed by atoms with Crippen LogP contribution in [0.5, 0.6) is 0 Å². The van der Waals surface area contributed by atoms with Gasteiger partial charge in [-0.1, -0.05) is 43.0 Å². The van der Waals surface area contributed by atoms with Crippen LogP contribution < -0.4 is 10.8 Å². The summed E-state index contributed by atoms with van der Waals surface area (Å²) < 4.78 is 5.03. The maximum atomic E-state index is 11.7. The number of esters is 1. The van der Waals surface area contributed by atoms with Crippen molar-refractivity contribution in [2.45, 2.75) is 31.5 Å². The molecule has 2 rings (SSSR count). The average Bonchev–Trinajstić information content (AvgIpc) is 2.54. The molecule has 1 aromatic rings. The highest BCUT2D eigenvalue weighted by Gasteiger charge is 2.26. The van der Waals surface area contributed by atoms with Crippen molar-refractivity contribution < 1.29 is 14.4 Å². The second-order valence-electron chi connectivity index (χ2n) is 5.05. The first kappa shape index (κ1) is 15.7. The smallest absolute Gasteiger partial charge is 0.323 e. The number of piperidine rings is 1. The molecule has 1 aliphatic heterocycles. The van der Waals surface area contributed by atoms with Gasteiger partial charge in [0.05, 0.1) is 6.61 Å². The van der Waals surface area contributed by atoms with Gasteiger partial charge in [-0.25, -0.2) is 0 Å². The van der Waals surface area contributed by atoms with E-state index in [4.69, 9.17) is 9.57 Å². The van der Waals surface area contributed by atoms with Gasteiger partial charge in [0.25, 0.3) is 0 Å². The molecule has 0 amide bonds. The van der Waals surface area contributed by atoms with E-state index in [1.807, 2.05) is 30.3 Å². The lowest BCUT2D eigenvalue weighted by atomic mass is 10.0. The number of hydroxylamine groups is 1. The molecule has 0 bridgehead atoms. The second kappa shape index (κ2) is 8.56. The molecule has 5 nitrogen and oxygen atoms in total. The Labute approximate surface area is 125 Å². The minimum atomic E-state index is -0.225. The highest BCUT2D eigenvalue weighted by Crippen LogP contribution is 2.10. The second-order valence-corrected chi connectivity index (χ2v) is 5.05. The molecule has 1 fully saturated rings. The van der Waals surface area contributed by atoms with Gasteiger partial charge in [-0.15, -0.1) is 0 Å². The van der Waals surface area contributed by atoms with Gasteiger partial charge in [-0.3, -0.25) is 9.63 Å². The average molecular weight is 290 g/mol. The number of rotatable bonds is 7. The summed E-state index contributed by atoms with van der Waals surface area (Å²) in [6.45, 7) is 5.00. The van der Waals surface area contributed by atoms with E-state index in [9.17, 15) is 4.79 Å². The molecule has 0 saturated carbocycles. The molecule has 2 N–H and O–H groups in total. The van der Waals surface area contributed by atoms with Gasteiger partial charge < -0.3 is 10.1 Å². The van der Waals surface area contributed by atoms with Crippen molar-refractivity contribution in [1.29, 1.82) is 0 Å². The number of nitrogens with one attached hydrogen (secondary N) is 2. The van der Waals surface area contributed by atoms with Gasteiger partial charge >= 0.3 is 5.97 Å². The van der Waals surface area contributed by atoms with Gasteiger partial charge in [0, 0.05) is 12.6 Å². The quantitative estimate of drug-likeness (QED) is 0.453. The molecular formula is C16H22N2O3. The lowest BCUT2D eigenvalue weighted by molar-refractivity contribution is -0.145. The van der Waals surface area contributed by atoms with Crippen molar-refractivity contribution in [3.63, 3.8) is 0 Å². The summed E-state index contributed by atoms with van der Waals surface area (Å²) in [7, 11) is 0. The highest BCUT2D eigenvalue weighted by molar-refractivity contribution is 5.76. The Bertz CT molecular complexity index is 442. The van der Waals surface area contributed by atoms with E-state index in [-0.39, 0.29) is 24.7 Å². The number of carbonyl (C=O) groups excluding carboxylic acids is 1. The fraction of sp³-hybridized carbons (Fsp3) is 0.438. The molecule has 21 heavy (non-hydrogen) atoms. The molecule has 0 aromatic heterocycles. The standard InChI is InChI=1S/C16H22N2O3/c1-2-10-20-16(19)15-9-8-14(11-17-15)18-21-12-13-6-4-3-5-7-13/h2-7,14-15,17-18H,1,8-12H2/t14-,15+/m1/s1. The van der Waals surface area contributed by atoms with Crippen molar-refractivity contribution in [3.05, 3.63) is 48.6 Å². The maximum Gasteiger partial charge on any atom is 0.323 e. The first-order valence-electron chi connectivity index (χ1n) is 7.21. The van der Waals surface area contributed by atoms with Gasteiger partial charge in [-0.05, 0) is 18.4 Å². The summed E-state index contributed by atoms with van der Waals surface area (Å²) in [5.74, 6) is -0.210. The molecule has 2 atom stereocenters. The van der Waals surface area contributed by atoms with E-state index in [2.05, 4.69) is 17.4 Å². The van der Waals surface area contributed by atoms with Crippen LogP contribution in [-0.2, 0) is 21.0 Å². The number of hydrogen-bond acceptors (Lipinski definition) is 5. The van der Waals surface area contributed by atoms with Crippen molar-refractivity contribution in [2.24, 2.45) is 0 Å². The lowest BCUT2D eigenvalue weighted by Crippen LogP contribution is -2.51. The van der Waals surface area contributed by atoms with Crippen LogP contribution in [0, 0.1) is 0 Å². The van der Waals surface area contributed by atoms with Crippen LogP contribution in [0.25, 0.3) is 0 Å². The molecule has 0 radical (unpaired) electrons. The molecule has 1 aliphatic rings. The summed E-state index contributed by atoms with van der Waals surface area (Å²) in [5.41, 5.74) is 4.17. The molecule has 5 heteroatoms. The predicted octanol–water partition coefficient (Wildman–Crippen LogP) is 1.56. The summed E-state index contributed by atoms with van der Waals surface area (Å²) in [6.07, 6.45) is 3.18. The Balaban J connectivity index is 1.63. The Morgan fingerprint density at radius 3 is 2.86 bits per heavy atom. The zero-order valence-electron chi connectivity index (χ0n) is 12.1. The van der Waals surface area contributed by atoms with Crippen LogP contribution in [0.2, 0.25) is 0 Å². The Morgan fingerprint density at radius 2 is 2.19 bits per heavy atom. The van der Waals surface area contributed by atoms with E-state index in [1.54, 1.807) is 6.08 Å². The first-order chi connectivity index (χ1) is 10.3. The number of benzene rings is 1. The van der Waals surface area contributed by atoms with Crippen molar-refractivity contribution in [1.82, 2.24) is 10.8 Å². The monoisotopic (exact) mass is 290 g/mol. The van der Waals surface area contributed by atoms with Gasteiger partial charge in [0.2, 0.25) is 0 Å². The number of carbonyl (C=O) groups is 1. The highest BCUT2D eigenvalue weighted by atomic mass is 16.6. The topological polar surface area (TPSA) is 59.6 Å². The molecule has 0 unspecified atom stereocenters. The fourth-order valence-electron chi connectivity index (χ4n) is 2.22. The van der Waals surface area contributed by atoms with E-state index in [1.165, 1.54) is 0 Å². The Hall–Kier alpha value is -1.69. The largest absolute Gasteiger partial charge is 0.460 e. The van der Waals surface area contributed by atoms with Crippen molar-refractivity contribution >= 4 is 5.97 Å². The van der Waals surface area contributed by atoms with Crippen LogP contribution >= 0.6 is 0 Å². The molecule has 1 saturated heterocycles. The van der Waals surface area contributed by atoms with E-state index < -0.39 is 0 Å². The molecule has 0 spiro atoms. The van der Waals surface area contributed by atoms with Crippen LogP contribution in [0.15, 0.2) is 43.0 Å². The predicted molar refractivity (Wildman–Crippen MR) is 80.3 cm³/mol. The fourth-order valence-corrected chi connectivity index (χ4v) is 2.22. The van der Waals surface area contributed by atoms with Gasteiger partial charge in [0.1, 0.15) is 12.6 Å². The minimum Gasteiger partial charge on any atom is -0.460 e. The van der Waals surface area contributed by atoms with Crippen molar-refractivity contribution in [2.75, 3.05) is 13.2 Å². The molecule has 1 aromatic carbocycles. The number of hydrogen-bond donors (Lipinski definition) is 2. The molecule has 114 valence electrons. The van der Waals surface area contributed by atoms with E-state index in [0.717, 1.165) is 18.4 Å². The molecular weight excluding hydrogens is 268 g/mol. The Kier molecular flexibility index (Phi) is 6.40. The summed E-state index contributed by atoms with van der Waals surface area (Å²) in [6, 6.07) is 9.97. The summed E-state index contributed by atoms with van der Waals surface area (Å²) in [4.78, 5) is 17.2. The van der Waals surface area contributed by atoms with Crippen molar-refractivity contribution in [3.8, 4) is 0 Å². The van der Waals surface area contributed by atoms with E-state index in [0.29, 0.717) is 13.2 Å². The minimum absolute atomic E-state index is 0.206. The normalized spacial score (nSPS) is 21.7. The van der Waals surface area contributed by atoms with Gasteiger partial charge in [0.15, 0.2) is 0 Å². The zero-order valence-corrected chi connectivity index (χ0v) is 12.1.